The molecule has 4 rings (SSSR count). The van der Waals surface area contributed by atoms with Crippen molar-refractivity contribution < 1.29 is 23.2 Å². The van der Waals surface area contributed by atoms with Crippen LogP contribution in [0.1, 0.15) is 31.5 Å². The fourth-order valence-electron chi connectivity index (χ4n) is 4.87. The summed E-state index contributed by atoms with van der Waals surface area (Å²) in [6.45, 7) is 7.47. The molecule has 2 heterocycles. The summed E-state index contributed by atoms with van der Waals surface area (Å²) in [5.74, 6) is -1.10. The zero-order valence-electron chi connectivity index (χ0n) is 20.8. The number of hydroxylamine groups is 1. The van der Waals surface area contributed by atoms with Crippen LogP contribution in [0.25, 0.3) is 10.9 Å². The van der Waals surface area contributed by atoms with Crippen LogP contribution in [-0.2, 0) is 21.2 Å². The molecule has 3 aromatic rings. The van der Waals surface area contributed by atoms with Gasteiger partial charge in [0.15, 0.2) is 9.84 Å². The number of nitrogens with zero attached hydrogens (tertiary/aromatic N) is 2. The van der Waals surface area contributed by atoms with E-state index in [0.717, 1.165) is 22.2 Å². The van der Waals surface area contributed by atoms with Gasteiger partial charge in [0.1, 0.15) is 12.4 Å². The molecule has 0 saturated carbocycles. The molecule has 1 amide bonds. The second-order valence-corrected chi connectivity index (χ2v) is 11.7. The van der Waals surface area contributed by atoms with Crippen LogP contribution in [0.15, 0.2) is 59.5 Å². The first-order chi connectivity index (χ1) is 17.2. The molecule has 9 heteroatoms. The van der Waals surface area contributed by atoms with Crippen LogP contribution in [0.4, 0.5) is 0 Å². The number of pyridine rings is 1. The normalized spacial score (nSPS) is 18.9. The summed E-state index contributed by atoms with van der Waals surface area (Å²) < 4.78 is 32.3. The lowest BCUT2D eigenvalue weighted by Crippen LogP contribution is -2.50. The summed E-state index contributed by atoms with van der Waals surface area (Å²) in [4.78, 5) is 19.2. The summed E-state index contributed by atoms with van der Waals surface area (Å²) in [6, 6.07) is 16.5. The number of ether oxygens (including phenoxy) is 1. The number of aryl methyl sites for hydroxylation is 1. The molecule has 0 unspecified atom stereocenters. The SMILES string of the molecule is Cc1cc(COc2ccc(S(=O)(=O)C[C@@H]3CCN(C(C)C)C[C@@H]3C(=O)NO)cc2)c2ccccc2n1. The van der Waals surface area contributed by atoms with E-state index in [9.17, 15) is 18.4 Å². The van der Waals surface area contributed by atoms with Gasteiger partial charge in [0.2, 0.25) is 5.91 Å². The molecule has 1 aliphatic rings. The van der Waals surface area contributed by atoms with Gasteiger partial charge in [-0.2, -0.15) is 0 Å². The number of sulfone groups is 1. The summed E-state index contributed by atoms with van der Waals surface area (Å²) in [6.07, 6.45) is 0.565. The Morgan fingerprint density at radius 2 is 1.92 bits per heavy atom. The predicted octanol–water partition coefficient (Wildman–Crippen LogP) is 3.75. The van der Waals surface area contributed by atoms with Crippen molar-refractivity contribution >= 4 is 26.6 Å². The molecule has 0 spiro atoms. The quantitative estimate of drug-likeness (QED) is 0.350. The molecule has 0 radical (unpaired) electrons. The number of carbonyl (C=O) groups is 1. The monoisotopic (exact) mass is 511 g/mol. The van der Waals surface area contributed by atoms with Crippen molar-refractivity contribution in [3.63, 3.8) is 0 Å². The predicted molar refractivity (Wildman–Crippen MR) is 138 cm³/mol. The molecule has 1 saturated heterocycles. The first-order valence-corrected chi connectivity index (χ1v) is 13.8. The lowest BCUT2D eigenvalue weighted by molar-refractivity contribution is -0.137. The second-order valence-electron chi connectivity index (χ2n) is 9.70. The molecule has 2 N–H and O–H groups in total. The summed E-state index contributed by atoms with van der Waals surface area (Å²) >= 11 is 0. The minimum atomic E-state index is -3.63. The van der Waals surface area contributed by atoms with Crippen LogP contribution >= 0.6 is 0 Å². The molecule has 8 nitrogen and oxygen atoms in total. The second kappa shape index (κ2) is 10.9. The third kappa shape index (κ3) is 5.86. The van der Waals surface area contributed by atoms with Crippen LogP contribution in [0.2, 0.25) is 0 Å². The van der Waals surface area contributed by atoms with Gasteiger partial charge in [-0.3, -0.25) is 15.0 Å². The van der Waals surface area contributed by atoms with E-state index in [2.05, 4.69) is 9.88 Å². The number of aromatic nitrogens is 1. The van der Waals surface area contributed by atoms with Gasteiger partial charge in [-0.25, -0.2) is 13.9 Å². The number of rotatable bonds is 8. The van der Waals surface area contributed by atoms with Gasteiger partial charge in [-0.15, -0.1) is 0 Å². The average molecular weight is 512 g/mol. The zero-order valence-corrected chi connectivity index (χ0v) is 21.7. The number of hydrogen-bond donors (Lipinski definition) is 2. The Morgan fingerprint density at radius 3 is 2.61 bits per heavy atom. The van der Waals surface area contributed by atoms with Gasteiger partial charge in [-0.1, -0.05) is 18.2 Å². The molecule has 1 fully saturated rings. The van der Waals surface area contributed by atoms with Crippen molar-refractivity contribution in [2.24, 2.45) is 11.8 Å². The summed E-state index contributed by atoms with van der Waals surface area (Å²) in [5.41, 5.74) is 4.54. The fraction of sp³-hybridized carbons (Fsp3) is 0.407. The Morgan fingerprint density at radius 1 is 1.19 bits per heavy atom. The van der Waals surface area contributed by atoms with Gasteiger partial charge in [0.05, 0.1) is 22.1 Å². The highest BCUT2D eigenvalue weighted by molar-refractivity contribution is 7.91. The van der Waals surface area contributed by atoms with Gasteiger partial charge >= 0.3 is 0 Å². The van der Waals surface area contributed by atoms with Gasteiger partial charge in [0, 0.05) is 29.2 Å². The number of hydrogen-bond acceptors (Lipinski definition) is 7. The van der Waals surface area contributed by atoms with Crippen molar-refractivity contribution in [2.75, 3.05) is 18.8 Å². The van der Waals surface area contributed by atoms with E-state index in [4.69, 9.17) is 4.74 Å². The highest BCUT2D eigenvalue weighted by Crippen LogP contribution is 2.29. The Hall–Kier alpha value is -3.01. The van der Waals surface area contributed by atoms with E-state index in [1.54, 1.807) is 29.7 Å². The van der Waals surface area contributed by atoms with Crippen LogP contribution in [0.5, 0.6) is 5.75 Å². The van der Waals surface area contributed by atoms with Crippen LogP contribution in [0.3, 0.4) is 0 Å². The highest BCUT2D eigenvalue weighted by atomic mass is 32.2. The third-order valence-corrected chi connectivity index (χ3v) is 8.76. The van der Waals surface area contributed by atoms with E-state index < -0.39 is 21.7 Å². The van der Waals surface area contributed by atoms with Crippen LogP contribution in [-0.4, -0.2) is 54.3 Å². The smallest absolute Gasteiger partial charge is 0.248 e. The number of nitrogens with one attached hydrogen (secondary N) is 1. The summed E-state index contributed by atoms with van der Waals surface area (Å²) in [5, 5.41) is 10.2. The fourth-order valence-corrected chi connectivity index (χ4v) is 6.58. The van der Waals surface area contributed by atoms with E-state index in [0.29, 0.717) is 31.9 Å². The van der Waals surface area contributed by atoms with E-state index >= 15 is 0 Å². The van der Waals surface area contributed by atoms with Gasteiger partial charge < -0.3 is 9.64 Å². The molecule has 1 aliphatic heterocycles. The third-order valence-electron chi connectivity index (χ3n) is 6.91. The molecule has 2 atom stereocenters. The van der Waals surface area contributed by atoms with Crippen LogP contribution in [0, 0.1) is 18.8 Å². The van der Waals surface area contributed by atoms with Gasteiger partial charge in [0.25, 0.3) is 0 Å². The maximum Gasteiger partial charge on any atom is 0.248 e. The molecule has 192 valence electrons. The molecule has 0 aliphatic carbocycles. The molecule has 1 aromatic heterocycles. The largest absolute Gasteiger partial charge is 0.489 e. The zero-order chi connectivity index (χ0) is 25.9. The van der Waals surface area contributed by atoms with E-state index in [1.165, 1.54) is 0 Å². The van der Waals surface area contributed by atoms with Crippen molar-refractivity contribution in [3.05, 3.63) is 65.9 Å². The number of amides is 1. The number of fused-ring (bicyclic) bond motifs is 1. The topological polar surface area (TPSA) is 109 Å². The summed E-state index contributed by atoms with van der Waals surface area (Å²) in [7, 11) is -3.63. The Bertz CT molecular complexity index is 1320. The molecular weight excluding hydrogens is 478 g/mol. The molecule has 36 heavy (non-hydrogen) atoms. The maximum absolute atomic E-state index is 13.2. The van der Waals surface area contributed by atoms with Crippen molar-refractivity contribution in [1.29, 1.82) is 0 Å². The standard InChI is InChI=1S/C27H33N3O5S/c1-18(2)30-13-12-20(25(15-30)27(31)29-32)17-36(33,34)23-10-8-22(9-11-23)35-16-21-14-19(3)28-26-7-5-4-6-24(21)26/h4-11,14,18,20,25,32H,12-13,15-17H2,1-3H3,(H,29,31)/t20-,25-/m0/s1. The Labute approximate surface area is 212 Å². The first-order valence-electron chi connectivity index (χ1n) is 12.2. The number of likely N-dealkylation sites (tertiary alicyclic amines) is 1. The minimum absolute atomic E-state index is 0.153. The minimum Gasteiger partial charge on any atom is -0.489 e. The number of para-hydroxylation sites is 1. The van der Waals surface area contributed by atoms with Crippen molar-refractivity contribution in [2.45, 2.75) is 44.7 Å². The van der Waals surface area contributed by atoms with Crippen molar-refractivity contribution in [3.8, 4) is 5.75 Å². The first kappa shape index (κ1) is 26.1. The maximum atomic E-state index is 13.2. The Balaban J connectivity index is 1.45. The van der Waals surface area contributed by atoms with Crippen molar-refractivity contribution in [1.82, 2.24) is 15.4 Å². The lowest BCUT2D eigenvalue weighted by Gasteiger charge is -2.39. The molecule has 2 aromatic carbocycles. The lowest BCUT2D eigenvalue weighted by atomic mass is 9.86. The number of benzene rings is 2. The van der Waals surface area contributed by atoms with Crippen LogP contribution < -0.4 is 10.2 Å². The molecule has 0 bridgehead atoms. The highest BCUT2D eigenvalue weighted by Gasteiger charge is 2.37. The van der Waals surface area contributed by atoms with Gasteiger partial charge in [-0.05, 0) is 76.1 Å². The number of piperidine rings is 1. The van der Waals surface area contributed by atoms with E-state index in [1.807, 2.05) is 51.1 Å². The Kier molecular flexibility index (Phi) is 7.92. The van der Waals surface area contributed by atoms with E-state index in [-0.39, 0.29) is 22.6 Å². The molecular formula is C27H33N3O5S. The average Bonchev–Trinajstić information content (AvgIpc) is 2.86. The number of carbonyl (C=O) groups excluding carboxylic acids is 1.